The van der Waals surface area contributed by atoms with Gasteiger partial charge in [0.05, 0.1) is 5.56 Å². The monoisotopic (exact) mass is 255 g/mol. The maximum Gasteiger partial charge on any atom is 0.141 e. The van der Waals surface area contributed by atoms with Crippen molar-refractivity contribution in [2.75, 3.05) is 0 Å². The predicted molar refractivity (Wildman–Crippen MR) is 66.3 cm³/mol. The average Bonchev–Trinajstić information content (AvgIpc) is 2.81. The van der Waals surface area contributed by atoms with Gasteiger partial charge in [0.1, 0.15) is 29.0 Å². The summed E-state index contributed by atoms with van der Waals surface area (Å²) in [5.74, 6) is -0.636. The third-order valence-corrected chi connectivity index (χ3v) is 2.87. The first-order valence-electron chi connectivity index (χ1n) is 5.57. The number of benzene rings is 2. The van der Waals surface area contributed by atoms with Crippen molar-refractivity contribution in [1.29, 1.82) is 5.26 Å². The van der Waals surface area contributed by atoms with Crippen molar-refractivity contribution >= 4 is 11.0 Å². The minimum atomic E-state index is -0.605. The van der Waals surface area contributed by atoms with Crippen LogP contribution in [0.25, 0.3) is 22.3 Å². The van der Waals surface area contributed by atoms with E-state index in [-0.39, 0.29) is 11.4 Å². The minimum absolute atomic E-state index is 0.0815. The summed E-state index contributed by atoms with van der Waals surface area (Å²) in [6.45, 7) is 0. The zero-order valence-electron chi connectivity index (χ0n) is 9.65. The van der Waals surface area contributed by atoms with Gasteiger partial charge < -0.3 is 4.42 Å². The van der Waals surface area contributed by atoms with E-state index in [0.29, 0.717) is 22.3 Å². The van der Waals surface area contributed by atoms with Gasteiger partial charge >= 0.3 is 0 Å². The molecule has 0 saturated carbocycles. The van der Waals surface area contributed by atoms with E-state index < -0.39 is 5.82 Å². The van der Waals surface area contributed by atoms with Gasteiger partial charge in [0.25, 0.3) is 0 Å². The third kappa shape index (κ3) is 1.85. The lowest BCUT2D eigenvalue weighted by Crippen LogP contribution is -1.87. The molecule has 0 bridgehead atoms. The molecule has 0 amide bonds. The van der Waals surface area contributed by atoms with Crippen LogP contribution in [0.4, 0.5) is 8.78 Å². The molecule has 4 heteroatoms. The molecule has 0 atom stereocenters. The second-order valence-corrected chi connectivity index (χ2v) is 4.07. The molecule has 19 heavy (non-hydrogen) atoms. The van der Waals surface area contributed by atoms with Gasteiger partial charge in [-0.15, -0.1) is 0 Å². The van der Waals surface area contributed by atoms with Crippen LogP contribution < -0.4 is 0 Å². The number of halogens is 2. The summed E-state index contributed by atoms with van der Waals surface area (Å²) in [6, 6.07) is 11.8. The molecule has 0 aliphatic carbocycles. The molecule has 1 aromatic heterocycles. The molecule has 0 fully saturated rings. The molecule has 1 heterocycles. The Balaban J connectivity index is 2.25. The second-order valence-electron chi connectivity index (χ2n) is 4.07. The third-order valence-electron chi connectivity index (χ3n) is 2.87. The van der Waals surface area contributed by atoms with Crippen LogP contribution in [0.3, 0.4) is 0 Å². The van der Waals surface area contributed by atoms with Crippen molar-refractivity contribution in [1.82, 2.24) is 0 Å². The van der Waals surface area contributed by atoms with Crippen molar-refractivity contribution in [2.45, 2.75) is 0 Å². The van der Waals surface area contributed by atoms with Crippen molar-refractivity contribution < 1.29 is 13.2 Å². The van der Waals surface area contributed by atoms with Gasteiger partial charge in [-0.1, -0.05) is 6.07 Å². The molecule has 0 aliphatic heterocycles. The van der Waals surface area contributed by atoms with Crippen LogP contribution >= 0.6 is 0 Å². The van der Waals surface area contributed by atoms with Gasteiger partial charge in [-0.05, 0) is 36.4 Å². The van der Waals surface area contributed by atoms with Gasteiger partial charge in [0, 0.05) is 10.9 Å². The van der Waals surface area contributed by atoms with E-state index in [9.17, 15) is 8.78 Å². The molecule has 92 valence electrons. The van der Waals surface area contributed by atoms with E-state index in [4.69, 9.17) is 9.68 Å². The Morgan fingerprint density at radius 2 is 1.89 bits per heavy atom. The fourth-order valence-corrected chi connectivity index (χ4v) is 1.99. The Morgan fingerprint density at radius 1 is 1.05 bits per heavy atom. The molecule has 3 aromatic rings. The molecule has 0 N–H and O–H groups in total. The van der Waals surface area contributed by atoms with Crippen molar-refractivity contribution in [3.8, 4) is 17.4 Å². The topological polar surface area (TPSA) is 36.9 Å². The molecule has 0 saturated heterocycles. The van der Waals surface area contributed by atoms with Crippen molar-refractivity contribution in [3.63, 3.8) is 0 Å². The molecule has 0 radical (unpaired) electrons. The standard InChI is InChI=1S/C15H7F2NO/c16-10-4-5-14-9(6-10)7-15(19-14)11-2-1-3-13(17)12(11)8-18/h1-7H. The van der Waals surface area contributed by atoms with E-state index in [1.807, 2.05) is 6.07 Å². The number of hydrogen-bond acceptors (Lipinski definition) is 2. The van der Waals surface area contributed by atoms with Crippen LogP contribution in [0, 0.1) is 23.0 Å². The normalized spacial score (nSPS) is 10.6. The van der Waals surface area contributed by atoms with Gasteiger partial charge in [0.2, 0.25) is 0 Å². The van der Waals surface area contributed by atoms with Crippen LogP contribution in [-0.2, 0) is 0 Å². The number of fused-ring (bicyclic) bond motifs is 1. The van der Waals surface area contributed by atoms with Crippen LogP contribution in [-0.4, -0.2) is 0 Å². The highest BCUT2D eigenvalue weighted by atomic mass is 19.1. The van der Waals surface area contributed by atoms with Crippen LogP contribution in [0.15, 0.2) is 46.9 Å². The SMILES string of the molecule is N#Cc1c(F)cccc1-c1cc2cc(F)ccc2o1. The molecule has 2 nitrogen and oxygen atoms in total. The van der Waals surface area contributed by atoms with E-state index in [0.717, 1.165) is 0 Å². The molecule has 0 unspecified atom stereocenters. The zero-order chi connectivity index (χ0) is 13.4. The maximum absolute atomic E-state index is 13.5. The lowest BCUT2D eigenvalue weighted by Gasteiger charge is -2.00. The molecular formula is C15H7F2NO. The Kier molecular flexibility index (Phi) is 2.53. The van der Waals surface area contributed by atoms with Crippen molar-refractivity contribution in [3.05, 3.63) is 59.7 Å². The highest BCUT2D eigenvalue weighted by molar-refractivity contribution is 5.84. The summed E-state index contributed by atoms with van der Waals surface area (Å²) in [6.07, 6.45) is 0. The molecule has 0 aliphatic rings. The van der Waals surface area contributed by atoms with Gasteiger partial charge in [-0.3, -0.25) is 0 Å². The number of furan rings is 1. The smallest absolute Gasteiger partial charge is 0.141 e. The number of nitrogens with zero attached hydrogens (tertiary/aromatic N) is 1. The fraction of sp³-hybridized carbons (Fsp3) is 0. The van der Waals surface area contributed by atoms with E-state index >= 15 is 0 Å². The highest BCUT2D eigenvalue weighted by Crippen LogP contribution is 2.31. The van der Waals surface area contributed by atoms with E-state index in [1.54, 1.807) is 12.1 Å². The summed E-state index contributed by atoms with van der Waals surface area (Å²) in [5, 5.41) is 9.56. The molecule has 0 spiro atoms. The minimum Gasteiger partial charge on any atom is -0.456 e. The summed E-state index contributed by atoms with van der Waals surface area (Å²) in [7, 11) is 0. The average molecular weight is 255 g/mol. The lowest BCUT2D eigenvalue weighted by atomic mass is 10.1. The Morgan fingerprint density at radius 3 is 2.68 bits per heavy atom. The quantitative estimate of drug-likeness (QED) is 0.651. The van der Waals surface area contributed by atoms with E-state index in [1.165, 1.54) is 30.3 Å². The largest absolute Gasteiger partial charge is 0.456 e. The summed E-state index contributed by atoms with van der Waals surface area (Å²) in [5.41, 5.74) is 0.769. The zero-order valence-corrected chi connectivity index (χ0v) is 9.65. The van der Waals surface area contributed by atoms with E-state index in [2.05, 4.69) is 0 Å². The van der Waals surface area contributed by atoms with Gasteiger partial charge in [-0.2, -0.15) is 5.26 Å². The summed E-state index contributed by atoms with van der Waals surface area (Å²) in [4.78, 5) is 0. The second kappa shape index (κ2) is 4.21. The molecule has 3 rings (SSSR count). The highest BCUT2D eigenvalue weighted by Gasteiger charge is 2.14. The first-order chi connectivity index (χ1) is 9.19. The Hall–Kier alpha value is -2.67. The number of hydrogen-bond donors (Lipinski definition) is 0. The van der Waals surface area contributed by atoms with Crippen LogP contribution in [0.5, 0.6) is 0 Å². The van der Waals surface area contributed by atoms with Crippen LogP contribution in [0.1, 0.15) is 5.56 Å². The lowest BCUT2D eigenvalue weighted by molar-refractivity contribution is 0.612. The van der Waals surface area contributed by atoms with Crippen LogP contribution in [0.2, 0.25) is 0 Å². The number of rotatable bonds is 1. The molecule has 2 aromatic carbocycles. The van der Waals surface area contributed by atoms with Gasteiger partial charge in [0.15, 0.2) is 0 Å². The molecular weight excluding hydrogens is 248 g/mol. The van der Waals surface area contributed by atoms with Crippen molar-refractivity contribution in [2.24, 2.45) is 0 Å². The van der Waals surface area contributed by atoms with Gasteiger partial charge in [-0.25, -0.2) is 8.78 Å². The number of nitriles is 1. The summed E-state index contributed by atoms with van der Waals surface area (Å²) < 4.78 is 32.2. The Bertz CT molecular complexity index is 815. The fourth-order valence-electron chi connectivity index (χ4n) is 1.99. The first-order valence-corrected chi connectivity index (χ1v) is 5.57. The summed E-state index contributed by atoms with van der Waals surface area (Å²) >= 11 is 0. The Labute approximate surface area is 107 Å². The first kappa shape index (κ1) is 11.4. The maximum atomic E-state index is 13.5. The predicted octanol–water partition coefficient (Wildman–Crippen LogP) is 4.25.